The molecule has 1 amide bonds. The van der Waals surface area contributed by atoms with Gasteiger partial charge in [-0.1, -0.05) is 42.1 Å². The highest BCUT2D eigenvalue weighted by Crippen LogP contribution is 2.41. The summed E-state index contributed by atoms with van der Waals surface area (Å²) in [4.78, 5) is 20.9. The average molecular weight is 496 g/mol. The number of nitrogens with one attached hydrogen (secondary N) is 1. The molecule has 2 atom stereocenters. The van der Waals surface area contributed by atoms with Crippen LogP contribution in [0.15, 0.2) is 71.4 Å². The molecule has 1 N–H and O–H groups in total. The number of carbonyl (C=O) groups excluding carboxylic acids is 1. The van der Waals surface area contributed by atoms with Gasteiger partial charge in [0.2, 0.25) is 0 Å². The number of thioether (sulfide) groups is 1. The Morgan fingerprint density at radius 1 is 1.21 bits per heavy atom. The standard InChI is InChI=1S/C24H25N5O3S2/c1-28(2)19-8-10-20(11-9-19)29-21-15-34(31,32)16-22(21)33-24(29)27-14-18(12-25)23(30)26-13-17-6-4-3-5-7-17/h3-11,14,21-22H,13,15-16H2,1-2H3,(H,26,30)/b18-14+,27-24?/t21-,22-/m0/s1. The van der Waals surface area contributed by atoms with Crippen LogP contribution in [0, 0.1) is 11.3 Å². The fourth-order valence-electron chi connectivity index (χ4n) is 3.92. The van der Waals surface area contributed by atoms with Gasteiger partial charge in [-0.15, -0.1) is 0 Å². The molecule has 0 saturated carbocycles. The summed E-state index contributed by atoms with van der Waals surface area (Å²) in [5, 5.41) is 12.7. The van der Waals surface area contributed by atoms with E-state index in [2.05, 4.69) is 10.3 Å². The third-order valence-corrected chi connectivity index (χ3v) is 8.90. The van der Waals surface area contributed by atoms with E-state index in [4.69, 9.17) is 0 Å². The molecule has 2 fully saturated rings. The molecule has 34 heavy (non-hydrogen) atoms. The molecule has 2 aromatic carbocycles. The predicted octanol–water partition coefficient (Wildman–Crippen LogP) is 2.55. The minimum Gasteiger partial charge on any atom is -0.378 e. The summed E-state index contributed by atoms with van der Waals surface area (Å²) in [7, 11) is 0.765. The average Bonchev–Trinajstić information content (AvgIpc) is 3.29. The number of carbonyl (C=O) groups is 1. The largest absolute Gasteiger partial charge is 0.378 e. The zero-order valence-electron chi connectivity index (χ0n) is 18.9. The van der Waals surface area contributed by atoms with Gasteiger partial charge in [-0.2, -0.15) is 5.26 Å². The zero-order valence-corrected chi connectivity index (χ0v) is 20.5. The van der Waals surface area contributed by atoms with Gasteiger partial charge in [0, 0.05) is 37.3 Å². The quantitative estimate of drug-likeness (QED) is 0.485. The third kappa shape index (κ3) is 5.26. The highest BCUT2D eigenvalue weighted by molar-refractivity contribution is 8.16. The molecule has 2 heterocycles. The molecule has 10 heteroatoms. The van der Waals surface area contributed by atoms with Crippen molar-refractivity contribution in [2.45, 2.75) is 17.8 Å². The Balaban J connectivity index is 1.58. The molecule has 2 aliphatic rings. The van der Waals surface area contributed by atoms with Crippen molar-refractivity contribution in [1.29, 1.82) is 5.26 Å². The van der Waals surface area contributed by atoms with Crippen LogP contribution in [-0.2, 0) is 21.2 Å². The second-order valence-corrected chi connectivity index (χ2v) is 11.7. The monoisotopic (exact) mass is 495 g/mol. The Hall–Kier alpha value is -3.29. The minimum atomic E-state index is -3.13. The van der Waals surface area contributed by atoms with Crippen LogP contribution in [0.5, 0.6) is 0 Å². The summed E-state index contributed by atoms with van der Waals surface area (Å²) in [5.41, 5.74) is 2.65. The van der Waals surface area contributed by atoms with Gasteiger partial charge >= 0.3 is 0 Å². The second-order valence-electron chi connectivity index (χ2n) is 8.32. The van der Waals surface area contributed by atoms with Gasteiger partial charge in [0.05, 0.1) is 23.7 Å². The maximum atomic E-state index is 12.5. The van der Waals surface area contributed by atoms with Gasteiger partial charge in [0.25, 0.3) is 5.91 Å². The van der Waals surface area contributed by atoms with Gasteiger partial charge in [-0.25, -0.2) is 13.4 Å². The summed E-state index contributed by atoms with van der Waals surface area (Å²) in [6, 6.07) is 18.9. The van der Waals surface area contributed by atoms with Crippen molar-refractivity contribution in [3.63, 3.8) is 0 Å². The van der Waals surface area contributed by atoms with Gasteiger partial charge in [-0.3, -0.25) is 4.79 Å². The lowest BCUT2D eigenvalue weighted by atomic mass is 10.2. The minimum absolute atomic E-state index is 0.0471. The number of anilines is 2. The number of nitriles is 1. The molecule has 2 aromatic rings. The molecular weight excluding hydrogens is 470 g/mol. The molecule has 2 aliphatic heterocycles. The Bertz CT molecular complexity index is 1270. The fourth-order valence-corrected chi connectivity index (χ4v) is 7.81. The number of benzene rings is 2. The van der Waals surface area contributed by atoms with E-state index in [0.717, 1.165) is 16.9 Å². The first kappa shape index (κ1) is 23.9. The van der Waals surface area contributed by atoms with Crippen molar-refractivity contribution in [3.05, 3.63) is 71.9 Å². The summed E-state index contributed by atoms with van der Waals surface area (Å²) in [6.07, 6.45) is 1.26. The molecule has 8 nitrogen and oxygen atoms in total. The van der Waals surface area contributed by atoms with Gasteiger partial charge in [0.1, 0.15) is 11.6 Å². The number of hydrogen-bond acceptors (Lipinski definition) is 7. The molecule has 0 bridgehead atoms. The number of hydrogen-bond donors (Lipinski definition) is 1. The van der Waals surface area contributed by atoms with E-state index in [-0.39, 0.29) is 28.4 Å². The number of fused-ring (bicyclic) bond motifs is 1. The number of amidine groups is 1. The van der Waals surface area contributed by atoms with E-state index in [9.17, 15) is 18.5 Å². The summed E-state index contributed by atoms with van der Waals surface area (Å²) in [5.74, 6) is -0.380. The predicted molar refractivity (Wildman–Crippen MR) is 136 cm³/mol. The lowest BCUT2D eigenvalue weighted by Crippen LogP contribution is -2.37. The number of aliphatic imine (C=N–C) groups is 1. The first-order valence-corrected chi connectivity index (χ1v) is 13.4. The first-order valence-electron chi connectivity index (χ1n) is 10.7. The van der Waals surface area contributed by atoms with Crippen molar-refractivity contribution >= 4 is 44.0 Å². The first-order chi connectivity index (χ1) is 16.3. The zero-order chi connectivity index (χ0) is 24.3. The van der Waals surface area contributed by atoms with Crippen molar-refractivity contribution < 1.29 is 13.2 Å². The summed E-state index contributed by atoms with van der Waals surface area (Å²) >= 11 is 1.37. The molecule has 0 radical (unpaired) electrons. The lowest BCUT2D eigenvalue weighted by molar-refractivity contribution is -0.117. The fraction of sp³-hybridized carbons (Fsp3) is 0.292. The van der Waals surface area contributed by atoms with E-state index in [1.807, 2.05) is 84.6 Å². The number of sulfone groups is 1. The van der Waals surface area contributed by atoms with Crippen LogP contribution in [0.1, 0.15) is 5.56 Å². The SMILES string of the molecule is CN(C)c1ccc(N2C(=N/C=C(\C#N)C(=O)NCc3ccccc3)S[C@H]3CS(=O)(=O)C[C@@H]32)cc1. The third-order valence-electron chi connectivity index (χ3n) is 5.68. The van der Waals surface area contributed by atoms with E-state index < -0.39 is 15.7 Å². The topological polar surface area (TPSA) is 106 Å². The maximum absolute atomic E-state index is 12.5. The van der Waals surface area contributed by atoms with Crippen LogP contribution >= 0.6 is 11.8 Å². The molecule has 2 saturated heterocycles. The van der Waals surface area contributed by atoms with Crippen molar-refractivity contribution in [2.24, 2.45) is 4.99 Å². The van der Waals surface area contributed by atoms with E-state index >= 15 is 0 Å². The number of rotatable bonds is 6. The number of amides is 1. The van der Waals surface area contributed by atoms with Crippen LogP contribution in [0.25, 0.3) is 0 Å². The van der Waals surface area contributed by atoms with Crippen LogP contribution in [0.3, 0.4) is 0 Å². The van der Waals surface area contributed by atoms with Crippen LogP contribution in [-0.4, -0.2) is 56.4 Å². The molecule has 0 unspecified atom stereocenters. The lowest BCUT2D eigenvalue weighted by Gasteiger charge is -2.25. The van der Waals surface area contributed by atoms with Gasteiger partial charge in [-0.05, 0) is 29.8 Å². The Morgan fingerprint density at radius 3 is 2.56 bits per heavy atom. The molecule has 4 rings (SSSR count). The van der Waals surface area contributed by atoms with E-state index in [1.165, 1.54) is 18.0 Å². The Labute approximate surface area is 203 Å². The van der Waals surface area contributed by atoms with E-state index in [0.29, 0.717) is 11.7 Å². The highest BCUT2D eigenvalue weighted by atomic mass is 32.2. The smallest absolute Gasteiger partial charge is 0.263 e. The van der Waals surface area contributed by atoms with Crippen molar-refractivity contribution in [1.82, 2.24) is 5.32 Å². The van der Waals surface area contributed by atoms with Crippen molar-refractivity contribution in [3.8, 4) is 6.07 Å². The normalized spacial score (nSPS) is 22.3. The molecule has 0 aliphatic carbocycles. The van der Waals surface area contributed by atoms with Gasteiger partial charge in [0.15, 0.2) is 15.0 Å². The summed E-state index contributed by atoms with van der Waals surface area (Å²) in [6.45, 7) is 0.302. The van der Waals surface area contributed by atoms with Crippen LogP contribution in [0.4, 0.5) is 11.4 Å². The molecular formula is C24H25N5O3S2. The summed E-state index contributed by atoms with van der Waals surface area (Å²) < 4.78 is 24.5. The molecule has 0 aromatic heterocycles. The highest BCUT2D eigenvalue weighted by Gasteiger charge is 2.49. The van der Waals surface area contributed by atoms with Crippen molar-refractivity contribution in [2.75, 3.05) is 35.4 Å². The second kappa shape index (κ2) is 9.91. The maximum Gasteiger partial charge on any atom is 0.263 e. The van der Waals surface area contributed by atoms with Gasteiger partial charge < -0.3 is 15.1 Å². The van der Waals surface area contributed by atoms with Crippen LogP contribution < -0.4 is 15.1 Å². The number of nitrogens with zero attached hydrogens (tertiary/aromatic N) is 4. The Morgan fingerprint density at radius 2 is 1.91 bits per heavy atom. The molecule has 0 spiro atoms. The Kier molecular flexibility index (Phi) is 6.95. The molecule has 176 valence electrons. The van der Waals surface area contributed by atoms with E-state index in [1.54, 1.807) is 0 Å². The van der Waals surface area contributed by atoms with Crippen LogP contribution in [0.2, 0.25) is 0 Å².